The number of hydrogen-bond donors (Lipinski definition) is 1. The van der Waals surface area contributed by atoms with Crippen LogP contribution in [0.25, 0.3) is 0 Å². The van der Waals surface area contributed by atoms with Gasteiger partial charge in [0.2, 0.25) is 0 Å². The van der Waals surface area contributed by atoms with Gasteiger partial charge >= 0.3 is 0 Å². The van der Waals surface area contributed by atoms with Crippen molar-refractivity contribution in [3.05, 3.63) is 12.2 Å². The second-order valence-corrected chi connectivity index (χ2v) is 4.10. The van der Waals surface area contributed by atoms with Crippen molar-refractivity contribution in [2.24, 2.45) is 17.6 Å². The van der Waals surface area contributed by atoms with Crippen LogP contribution in [0, 0.1) is 11.8 Å². The van der Waals surface area contributed by atoms with Gasteiger partial charge in [-0.1, -0.05) is 6.58 Å². The van der Waals surface area contributed by atoms with Crippen LogP contribution >= 0.6 is 0 Å². The summed E-state index contributed by atoms with van der Waals surface area (Å²) in [5, 5.41) is 0. The fraction of sp³-hybridized carbons (Fsp3) is 0.727. The molecular weight excluding hydrogens is 162 g/mol. The van der Waals surface area contributed by atoms with Crippen LogP contribution < -0.4 is 5.73 Å². The molecule has 0 aromatic rings. The molecule has 1 saturated carbocycles. The molecule has 0 amide bonds. The highest BCUT2D eigenvalue weighted by Crippen LogP contribution is 2.29. The van der Waals surface area contributed by atoms with Crippen LogP contribution in [-0.2, 0) is 4.79 Å². The van der Waals surface area contributed by atoms with E-state index >= 15 is 0 Å². The van der Waals surface area contributed by atoms with Gasteiger partial charge in [0.15, 0.2) is 5.78 Å². The molecule has 0 aromatic carbocycles. The van der Waals surface area contributed by atoms with E-state index in [2.05, 4.69) is 6.58 Å². The zero-order valence-electron chi connectivity index (χ0n) is 8.38. The van der Waals surface area contributed by atoms with Gasteiger partial charge in [0.1, 0.15) is 0 Å². The van der Waals surface area contributed by atoms with Crippen molar-refractivity contribution in [1.29, 1.82) is 0 Å². The molecule has 74 valence electrons. The summed E-state index contributed by atoms with van der Waals surface area (Å²) in [6.07, 6.45) is 4.24. The van der Waals surface area contributed by atoms with Gasteiger partial charge in [-0.25, -0.2) is 0 Å². The van der Waals surface area contributed by atoms with Gasteiger partial charge < -0.3 is 5.73 Å². The molecule has 1 fully saturated rings. The van der Waals surface area contributed by atoms with Crippen LogP contribution in [0.5, 0.6) is 0 Å². The summed E-state index contributed by atoms with van der Waals surface area (Å²) >= 11 is 0. The molecule has 2 heteroatoms. The first kappa shape index (κ1) is 10.5. The van der Waals surface area contributed by atoms with Crippen molar-refractivity contribution in [3.8, 4) is 0 Å². The van der Waals surface area contributed by atoms with E-state index in [-0.39, 0.29) is 11.7 Å². The summed E-state index contributed by atoms with van der Waals surface area (Å²) in [7, 11) is 0. The standard InChI is InChI=1S/C11H19NO/c1-8(2)11(13)10-5-3-9(7-12)4-6-10/h9-10H,1,3-7,12H2,2H3. The molecule has 0 unspecified atom stereocenters. The van der Waals surface area contributed by atoms with E-state index in [0.717, 1.165) is 32.2 Å². The van der Waals surface area contributed by atoms with Crippen molar-refractivity contribution in [2.45, 2.75) is 32.6 Å². The smallest absolute Gasteiger partial charge is 0.161 e. The van der Waals surface area contributed by atoms with E-state index in [1.54, 1.807) is 6.92 Å². The Labute approximate surface area is 80.2 Å². The zero-order chi connectivity index (χ0) is 9.84. The van der Waals surface area contributed by atoms with Gasteiger partial charge in [-0.15, -0.1) is 0 Å². The zero-order valence-corrected chi connectivity index (χ0v) is 8.38. The molecule has 1 aliphatic carbocycles. The Kier molecular flexibility index (Phi) is 3.67. The van der Waals surface area contributed by atoms with Crippen LogP contribution in [0.2, 0.25) is 0 Å². The first-order chi connectivity index (χ1) is 6.15. The van der Waals surface area contributed by atoms with E-state index in [1.165, 1.54) is 0 Å². The number of rotatable bonds is 3. The number of carbonyl (C=O) groups is 1. The molecule has 13 heavy (non-hydrogen) atoms. The predicted molar refractivity (Wildman–Crippen MR) is 54.3 cm³/mol. The molecule has 0 spiro atoms. The Morgan fingerprint density at radius 3 is 2.31 bits per heavy atom. The summed E-state index contributed by atoms with van der Waals surface area (Å²) in [6.45, 7) is 6.27. The van der Waals surface area contributed by atoms with E-state index < -0.39 is 0 Å². The molecule has 0 saturated heterocycles. The molecular formula is C11H19NO. The number of nitrogens with two attached hydrogens (primary N) is 1. The maximum atomic E-state index is 11.6. The van der Waals surface area contributed by atoms with Crippen LogP contribution in [0.15, 0.2) is 12.2 Å². The van der Waals surface area contributed by atoms with Gasteiger partial charge in [0, 0.05) is 5.92 Å². The number of carbonyl (C=O) groups excluding carboxylic acids is 1. The van der Waals surface area contributed by atoms with Crippen molar-refractivity contribution in [2.75, 3.05) is 6.54 Å². The Morgan fingerprint density at radius 1 is 1.38 bits per heavy atom. The molecule has 0 radical (unpaired) electrons. The van der Waals surface area contributed by atoms with E-state index in [9.17, 15) is 4.79 Å². The highest BCUT2D eigenvalue weighted by Gasteiger charge is 2.25. The minimum absolute atomic E-state index is 0.236. The lowest BCUT2D eigenvalue weighted by atomic mass is 9.79. The van der Waals surface area contributed by atoms with Crippen molar-refractivity contribution in [3.63, 3.8) is 0 Å². The Morgan fingerprint density at radius 2 is 1.92 bits per heavy atom. The molecule has 2 N–H and O–H groups in total. The Bertz CT molecular complexity index is 202. The molecule has 2 nitrogen and oxygen atoms in total. The van der Waals surface area contributed by atoms with Crippen LogP contribution in [-0.4, -0.2) is 12.3 Å². The minimum Gasteiger partial charge on any atom is -0.330 e. The van der Waals surface area contributed by atoms with Gasteiger partial charge in [0.05, 0.1) is 0 Å². The maximum Gasteiger partial charge on any atom is 0.161 e. The van der Waals surface area contributed by atoms with E-state index in [0.29, 0.717) is 11.5 Å². The lowest BCUT2D eigenvalue weighted by Gasteiger charge is -2.26. The summed E-state index contributed by atoms with van der Waals surface area (Å²) in [5.41, 5.74) is 6.29. The predicted octanol–water partition coefficient (Wildman–Crippen LogP) is 1.90. The lowest BCUT2D eigenvalue weighted by molar-refractivity contribution is -0.120. The summed E-state index contributed by atoms with van der Waals surface area (Å²) in [6, 6.07) is 0. The second kappa shape index (κ2) is 4.56. The van der Waals surface area contributed by atoms with Crippen molar-refractivity contribution < 1.29 is 4.79 Å². The SMILES string of the molecule is C=C(C)C(=O)C1CCC(CN)CC1. The van der Waals surface area contributed by atoms with Gasteiger partial charge in [-0.05, 0) is 50.6 Å². The van der Waals surface area contributed by atoms with Gasteiger partial charge in [-0.2, -0.15) is 0 Å². The minimum atomic E-state index is 0.236. The van der Waals surface area contributed by atoms with Gasteiger partial charge in [-0.3, -0.25) is 4.79 Å². The van der Waals surface area contributed by atoms with Crippen LogP contribution in [0.3, 0.4) is 0 Å². The third-order valence-corrected chi connectivity index (χ3v) is 2.97. The quantitative estimate of drug-likeness (QED) is 0.676. The molecule has 0 atom stereocenters. The summed E-state index contributed by atoms with van der Waals surface area (Å²) in [5.74, 6) is 1.14. The van der Waals surface area contributed by atoms with Gasteiger partial charge in [0.25, 0.3) is 0 Å². The fourth-order valence-electron chi connectivity index (χ4n) is 2.01. The van der Waals surface area contributed by atoms with Crippen LogP contribution in [0.4, 0.5) is 0 Å². The molecule has 0 bridgehead atoms. The molecule has 1 aliphatic rings. The highest BCUT2D eigenvalue weighted by molar-refractivity contribution is 5.96. The maximum absolute atomic E-state index is 11.6. The largest absolute Gasteiger partial charge is 0.330 e. The molecule has 0 aliphatic heterocycles. The van der Waals surface area contributed by atoms with Crippen molar-refractivity contribution >= 4 is 5.78 Å². The van der Waals surface area contributed by atoms with Crippen molar-refractivity contribution in [1.82, 2.24) is 0 Å². The average molecular weight is 181 g/mol. The third-order valence-electron chi connectivity index (χ3n) is 2.97. The topological polar surface area (TPSA) is 43.1 Å². The van der Waals surface area contributed by atoms with Crippen LogP contribution in [0.1, 0.15) is 32.6 Å². The average Bonchev–Trinajstić information content (AvgIpc) is 2.17. The molecule has 1 rings (SSSR count). The number of Topliss-reactive ketones (excluding diaryl/α,β-unsaturated/α-hetero) is 1. The Balaban J connectivity index is 2.41. The fourth-order valence-corrected chi connectivity index (χ4v) is 2.01. The number of hydrogen-bond acceptors (Lipinski definition) is 2. The first-order valence-electron chi connectivity index (χ1n) is 5.05. The second-order valence-electron chi connectivity index (χ2n) is 4.10. The highest BCUT2D eigenvalue weighted by atomic mass is 16.1. The summed E-state index contributed by atoms with van der Waals surface area (Å²) < 4.78 is 0. The van der Waals surface area contributed by atoms with E-state index in [1.807, 2.05) is 0 Å². The number of ketones is 1. The lowest BCUT2D eigenvalue weighted by Crippen LogP contribution is -2.25. The summed E-state index contributed by atoms with van der Waals surface area (Å²) in [4.78, 5) is 11.6. The molecule has 0 heterocycles. The number of allylic oxidation sites excluding steroid dienone is 1. The Hall–Kier alpha value is -0.630. The first-order valence-corrected chi connectivity index (χ1v) is 5.05. The normalized spacial score (nSPS) is 28.5. The third kappa shape index (κ3) is 2.66. The monoisotopic (exact) mass is 181 g/mol. The molecule has 0 aromatic heterocycles. The van der Waals surface area contributed by atoms with E-state index in [4.69, 9.17) is 5.73 Å².